The van der Waals surface area contributed by atoms with E-state index in [0.29, 0.717) is 47.3 Å². The maximum atomic E-state index is 14.3. The van der Waals surface area contributed by atoms with Gasteiger partial charge in [0.05, 0.1) is 38.9 Å². The van der Waals surface area contributed by atoms with E-state index in [-0.39, 0.29) is 22.8 Å². The molecule has 1 amide bonds. The van der Waals surface area contributed by atoms with Crippen LogP contribution in [-0.4, -0.2) is 108 Å². The largest absolute Gasteiger partial charge is 0.484 e. The number of piperazine rings is 1. The van der Waals surface area contributed by atoms with E-state index in [9.17, 15) is 23.3 Å². The van der Waals surface area contributed by atoms with Gasteiger partial charge in [-0.3, -0.25) is 19.8 Å². The monoisotopic (exact) mass is 975 g/mol. The zero-order chi connectivity index (χ0) is 47.9. The quantitative estimate of drug-likeness (QED) is 0.0738. The van der Waals surface area contributed by atoms with E-state index in [4.69, 9.17) is 26.1 Å². The van der Waals surface area contributed by atoms with Crippen LogP contribution in [0.5, 0.6) is 5.75 Å². The first-order chi connectivity index (χ1) is 33.2. The molecule has 69 heavy (non-hydrogen) atoms. The molecule has 0 radical (unpaired) electrons. The number of nitro groups is 1. The number of sulfonamides is 1. The van der Waals surface area contributed by atoms with E-state index in [1.54, 1.807) is 23.1 Å². The summed E-state index contributed by atoms with van der Waals surface area (Å²) in [6, 6.07) is 21.6. The maximum absolute atomic E-state index is 14.3. The lowest BCUT2D eigenvalue weighted by molar-refractivity contribution is -0.386. The zero-order valence-electron chi connectivity index (χ0n) is 39.0. The Hall–Kier alpha value is -5.85. The molecular weight excluding hydrogens is 918 g/mol. The molecule has 3 N–H and O–H groups in total. The van der Waals surface area contributed by atoms with Gasteiger partial charge in [-0.05, 0) is 129 Å². The molecule has 0 unspecified atom stereocenters. The maximum Gasteiger partial charge on any atom is 0.312 e. The van der Waals surface area contributed by atoms with Crippen molar-refractivity contribution < 1.29 is 27.6 Å². The Bertz CT molecular complexity index is 3020. The third kappa shape index (κ3) is 10.4. The number of carbonyl (C=O) groups is 1. The molecule has 362 valence electrons. The first-order valence-corrected chi connectivity index (χ1v) is 25.9. The molecular formula is C51H58ClN9O7S. The van der Waals surface area contributed by atoms with Gasteiger partial charge in [-0.25, -0.2) is 22.8 Å². The van der Waals surface area contributed by atoms with Crippen LogP contribution in [0.4, 0.5) is 11.4 Å². The standard InChI is InChI=1S/C51H58ClN9O7S/c1-51(2)19-15-35(43(30-51)33-3-5-36(52)6-4-33)32-58-21-23-59(24-22-58)39-9-13-42(45(28-39)60-46-27-34-16-20-53-49(34)56-44(46)31-54-60)50(62)57-69(65,66)41-12-14-48(47(29-41)61(63)64)68-40-10-7-37(8-11-40)55-38-17-25-67-26-18-38/h3-6,9,12-14,16,20,27-29,31,37-38,40,55H,7-8,10-11,15,17-19,21-26,30,32H2,1-2H3,(H,53,56)(H,57,62). The van der Waals surface area contributed by atoms with Gasteiger partial charge in [-0.1, -0.05) is 43.2 Å². The highest BCUT2D eigenvalue weighted by atomic mass is 35.5. The number of amides is 1. The number of allylic oxidation sites excluding steroid dienone is 1. The van der Waals surface area contributed by atoms with Crippen LogP contribution >= 0.6 is 11.6 Å². The number of halogens is 1. The Morgan fingerprint density at radius 1 is 0.957 bits per heavy atom. The van der Waals surface area contributed by atoms with Crippen LogP contribution in [0.25, 0.3) is 33.3 Å². The summed E-state index contributed by atoms with van der Waals surface area (Å²) in [5.74, 6) is -0.937. The van der Waals surface area contributed by atoms with Gasteiger partial charge in [0.15, 0.2) is 5.75 Å². The number of fused-ring (bicyclic) bond motifs is 2. The summed E-state index contributed by atoms with van der Waals surface area (Å²) < 4.78 is 43.4. The first-order valence-electron chi connectivity index (χ1n) is 24.0. The van der Waals surface area contributed by atoms with E-state index in [1.807, 2.05) is 36.4 Å². The number of nitro benzene ring substituents is 1. The van der Waals surface area contributed by atoms with Crippen LogP contribution in [0, 0.1) is 15.5 Å². The lowest BCUT2D eigenvalue weighted by Gasteiger charge is -2.39. The number of benzene rings is 3. The molecule has 2 aliphatic heterocycles. The molecule has 1 saturated carbocycles. The van der Waals surface area contributed by atoms with Crippen molar-refractivity contribution in [3.63, 3.8) is 0 Å². The molecule has 2 aliphatic carbocycles. The van der Waals surface area contributed by atoms with Crippen molar-refractivity contribution in [1.82, 2.24) is 34.7 Å². The van der Waals surface area contributed by atoms with Gasteiger partial charge < -0.3 is 24.7 Å². The molecule has 0 bridgehead atoms. The van der Waals surface area contributed by atoms with Gasteiger partial charge in [-0.2, -0.15) is 5.10 Å². The number of nitrogens with zero attached hydrogens (tertiary/aromatic N) is 6. The smallest absolute Gasteiger partial charge is 0.312 e. The summed E-state index contributed by atoms with van der Waals surface area (Å²) in [6.45, 7) is 10.2. The number of aromatic amines is 1. The number of nitrogens with one attached hydrogen (secondary N) is 3. The van der Waals surface area contributed by atoms with Crippen molar-refractivity contribution in [2.45, 2.75) is 94.7 Å². The van der Waals surface area contributed by atoms with Crippen molar-refractivity contribution in [2.75, 3.05) is 50.8 Å². The van der Waals surface area contributed by atoms with Gasteiger partial charge in [0.1, 0.15) is 11.2 Å². The highest BCUT2D eigenvalue weighted by Crippen LogP contribution is 2.43. The zero-order valence-corrected chi connectivity index (χ0v) is 40.5. The molecule has 3 aromatic carbocycles. The molecule has 6 aromatic rings. The number of ether oxygens (including phenoxy) is 2. The molecule has 18 heteroatoms. The number of hydrogen-bond acceptors (Lipinski definition) is 12. The second-order valence-corrected chi connectivity index (χ2v) is 21.8. The number of rotatable bonds is 13. The SMILES string of the molecule is CC1(C)CCC(CN2CCN(c3ccc(C(=O)NS(=O)(=O)c4ccc(OC5CCC(NC6CCOCC6)CC5)c([N+](=O)[O-])c4)c(-n4ncc5nc6[nH]ccc6cc54)c3)CC2)=C(c2ccc(Cl)cc2)C1. The average Bonchev–Trinajstić information content (AvgIpc) is 3.99. The highest BCUT2D eigenvalue weighted by molar-refractivity contribution is 7.90. The summed E-state index contributed by atoms with van der Waals surface area (Å²) in [5.41, 5.74) is 6.96. The molecule has 3 aromatic heterocycles. The topological polar surface area (TPSA) is 190 Å². The van der Waals surface area contributed by atoms with E-state index in [2.05, 4.69) is 55.9 Å². The van der Waals surface area contributed by atoms with Crippen LogP contribution < -0.4 is 19.7 Å². The molecule has 3 fully saturated rings. The lowest BCUT2D eigenvalue weighted by Crippen LogP contribution is -2.47. The average molecular weight is 977 g/mol. The third-order valence-electron chi connectivity index (χ3n) is 14.4. The minimum absolute atomic E-state index is 0.0154. The highest BCUT2D eigenvalue weighted by Gasteiger charge is 2.32. The second kappa shape index (κ2) is 19.5. The number of hydrogen-bond donors (Lipinski definition) is 3. The van der Waals surface area contributed by atoms with Gasteiger partial charge in [0.2, 0.25) is 0 Å². The Kier molecular flexibility index (Phi) is 13.2. The Labute approximate surface area is 406 Å². The van der Waals surface area contributed by atoms with Crippen LogP contribution in [0.2, 0.25) is 5.02 Å². The predicted molar refractivity (Wildman–Crippen MR) is 267 cm³/mol. The van der Waals surface area contributed by atoms with Crippen LogP contribution in [-0.2, 0) is 14.8 Å². The van der Waals surface area contributed by atoms with Crippen LogP contribution in [0.3, 0.4) is 0 Å². The fourth-order valence-electron chi connectivity index (χ4n) is 10.5. The number of H-pyrrole nitrogens is 1. The van der Waals surface area contributed by atoms with Gasteiger partial charge in [0, 0.05) is 86.4 Å². The van der Waals surface area contributed by atoms with Crippen molar-refractivity contribution in [2.24, 2.45) is 5.41 Å². The number of anilines is 1. The van der Waals surface area contributed by atoms with E-state index >= 15 is 0 Å². The van der Waals surface area contributed by atoms with Crippen molar-refractivity contribution in [1.29, 1.82) is 0 Å². The van der Waals surface area contributed by atoms with Gasteiger partial charge in [0.25, 0.3) is 15.9 Å². The molecule has 16 nitrogen and oxygen atoms in total. The van der Waals surface area contributed by atoms with E-state index in [0.717, 1.165) is 113 Å². The number of pyridine rings is 1. The van der Waals surface area contributed by atoms with Crippen LogP contribution in [0.15, 0.2) is 95.7 Å². The molecule has 10 rings (SSSR count). The molecule has 4 aliphatic rings. The molecule has 0 atom stereocenters. The number of aromatic nitrogens is 4. The lowest BCUT2D eigenvalue weighted by atomic mass is 9.72. The molecule has 5 heterocycles. The van der Waals surface area contributed by atoms with E-state index in [1.165, 1.54) is 28.8 Å². The minimum atomic E-state index is -4.61. The summed E-state index contributed by atoms with van der Waals surface area (Å²) in [6.07, 6.45) is 11.4. The van der Waals surface area contributed by atoms with Gasteiger partial charge in [-0.15, -0.1) is 0 Å². The fraction of sp³-hybridized carbons (Fsp3) is 0.431. The van der Waals surface area contributed by atoms with Crippen LogP contribution in [0.1, 0.15) is 87.6 Å². The number of carbonyl (C=O) groups excluding carboxylic acids is 1. The predicted octanol–water partition coefficient (Wildman–Crippen LogP) is 8.83. The Balaban J connectivity index is 0.873. The molecule has 0 spiro atoms. The Morgan fingerprint density at radius 2 is 1.71 bits per heavy atom. The summed E-state index contributed by atoms with van der Waals surface area (Å²) in [4.78, 5) is 38.2. The van der Waals surface area contributed by atoms with Crippen molar-refractivity contribution >= 4 is 66.5 Å². The fourth-order valence-corrected chi connectivity index (χ4v) is 11.6. The third-order valence-corrected chi connectivity index (χ3v) is 16.0. The minimum Gasteiger partial charge on any atom is -0.484 e. The summed E-state index contributed by atoms with van der Waals surface area (Å²) in [7, 11) is -4.61. The van der Waals surface area contributed by atoms with Crippen molar-refractivity contribution in [3.05, 3.63) is 117 Å². The van der Waals surface area contributed by atoms with E-state index < -0.39 is 31.4 Å². The second-order valence-electron chi connectivity index (χ2n) is 19.7. The normalized spacial score (nSPS) is 20.7. The summed E-state index contributed by atoms with van der Waals surface area (Å²) in [5, 5.41) is 22.3. The van der Waals surface area contributed by atoms with Crippen molar-refractivity contribution in [3.8, 4) is 11.4 Å². The molecule has 2 saturated heterocycles. The summed E-state index contributed by atoms with van der Waals surface area (Å²) >= 11 is 6.27. The first kappa shape index (κ1) is 46.9. The van der Waals surface area contributed by atoms with Gasteiger partial charge >= 0.3 is 5.69 Å². The Morgan fingerprint density at radius 3 is 2.46 bits per heavy atom.